The topological polar surface area (TPSA) is 81.7 Å². The van der Waals surface area contributed by atoms with Crippen molar-refractivity contribution in [3.05, 3.63) is 36.0 Å². The summed E-state index contributed by atoms with van der Waals surface area (Å²) in [6, 6.07) is 6.95. The predicted octanol–water partition coefficient (Wildman–Crippen LogP) is 3.77. The van der Waals surface area contributed by atoms with E-state index in [1.807, 2.05) is 0 Å². The molecule has 0 radical (unpaired) electrons. The second kappa shape index (κ2) is 10.3. The molecule has 0 aliphatic carbocycles. The number of nitrogens with zero attached hydrogens (tertiary/aromatic N) is 1. The van der Waals surface area contributed by atoms with Crippen molar-refractivity contribution in [2.75, 3.05) is 33.2 Å². The Morgan fingerprint density at radius 1 is 1.04 bits per heavy atom. The van der Waals surface area contributed by atoms with Crippen LogP contribution in [0.3, 0.4) is 0 Å². The number of hydrogen-bond donors (Lipinski definition) is 2. The van der Waals surface area contributed by atoms with Crippen LogP contribution in [0.4, 0.5) is 11.5 Å². The summed E-state index contributed by atoms with van der Waals surface area (Å²) in [5.41, 5.74) is 1.26. The average molecular weight is 373 g/mol. The lowest BCUT2D eigenvalue weighted by Crippen LogP contribution is -2.24. The highest BCUT2D eigenvalue weighted by Crippen LogP contribution is 2.40. The summed E-state index contributed by atoms with van der Waals surface area (Å²) in [5, 5.41) is 6.10. The van der Waals surface area contributed by atoms with Crippen LogP contribution in [0.5, 0.6) is 17.2 Å². The van der Waals surface area contributed by atoms with Crippen molar-refractivity contribution in [3.8, 4) is 17.2 Å². The number of amides is 1. The van der Waals surface area contributed by atoms with Gasteiger partial charge in [0.2, 0.25) is 5.75 Å². The number of carbonyl (C=O) groups is 1. The van der Waals surface area contributed by atoms with Crippen LogP contribution in [0.15, 0.2) is 30.5 Å². The molecule has 1 heterocycles. The van der Waals surface area contributed by atoms with E-state index in [0.717, 1.165) is 19.3 Å². The van der Waals surface area contributed by atoms with Crippen molar-refractivity contribution in [3.63, 3.8) is 0 Å². The SMILES string of the molecule is CCCCCNC(=O)c1ccnc(Nc2cc(OC)c(OC)c(OC)c2)c1. The Morgan fingerprint density at radius 3 is 2.33 bits per heavy atom. The molecule has 2 rings (SSSR count). The van der Waals surface area contributed by atoms with Gasteiger partial charge in [0.05, 0.1) is 21.3 Å². The number of ether oxygens (including phenoxy) is 3. The third kappa shape index (κ3) is 5.51. The van der Waals surface area contributed by atoms with Crippen LogP contribution in [0.25, 0.3) is 0 Å². The lowest BCUT2D eigenvalue weighted by molar-refractivity contribution is 0.0953. The highest BCUT2D eigenvalue weighted by molar-refractivity contribution is 5.94. The van der Waals surface area contributed by atoms with Gasteiger partial charge in [-0.1, -0.05) is 19.8 Å². The minimum atomic E-state index is -0.110. The maximum Gasteiger partial charge on any atom is 0.251 e. The first-order valence-electron chi connectivity index (χ1n) is 8.94. The van der Waals surface area contributed by atoms with Gasteiger partial charge in [-0.05, 0) is 18.6 Å². The number of methoxy groups -OCH3 is 3. The second-order valence-corrected chi connectivity index (χ2v) is 5.93. The van der Waals surface area contributed by atoms with Crippen molar-refractivity contribution in [1.82, 2.24) is 10.3 Å². The number of nitrogens with one attached hydrogen (secondary N) is 2. The molecule has 146 valence electrons. The van der Waals surface area contributed by atoms with E-state index in [9.17, 15) is 4.79 Å². The Labute approximate surface area is 160 Å². The van der Waals surface area contributed by atoms with Crippen molar-refractivity contribution >= 4 is 17.4 Å². The molecule has 0 saturated carbocycles. The lowest BCUT2D eigenvalue weighted by atomic mass is 10.2. The monoisotopic (exact) mass is 373 g/mol. The summed E-state index contributed by atoms with van der Waals surface area (Å²) >= 11 is 0. The lowest BCUT2D eigenvalue weighted by Gasteiger charge is -2.15. The quantitative estimate of drug-likeness (QED) is 0.617. The fourth-order valence-corrected chi connectivity index (χ4v) is 2.62. The number of hydrogen-bond acceptors (Lipinski definition) is 6. The zero-order chi connectivity index (χ0) is 19.6. The number of aromatic nitrogens is 1. The van der Waals surface area contributed by atoms with Gasteiger partial charge in [-0.3, -0.25) is 4.79 Å². The van der Waals surface area contributed by atoms with Crippen molar-refractivity contribution < 1.29 is 19.0 Å². The number of benzene rings is 1. The van der Waals surface area contributed by atoms with Crippen LogP contribution >= 0.6 is 0 Å². The van der Waals surface area contributed by atoms with Crippen molar-refractivity contribution in [2.24, 2.45) is 0 Å². The van der Waals surface area contributed by atoms with Crippen LogP contribution in [-0.4, -0.2) is 38.8 Å². The van der Waals surface area contributed by atoms with Crippen LogP contribution in [0, 0.1) is 0 Å². The molecule has 1 aromatic carbocycles. The van der Waals surface area contributed by atoms with Crippen molar-refractivity contribution in [1.29, 1.82) is 0 Å². The predicted molar refractivity (Wildman–Crippen MR) is 105 cm³/mol. The van der Waals surface area contributed by atoms with Gasteiger partial charge in [0, 0.05) is 36.1 Å². The average Bonchev–Trinajstić information content (AvgIpc) is 2.70. The van der Waals surface area contributed by atoms with Crippen LogP contribution in [-0.2, 0) is 0 Å². The summed E-state index contributed by atoms with van der Waals surface area (Å²) in [6.07, 6.45) is 4.80. The Balaban J connectivity index is 2.15. The van der Waals surface area contributed by atoms with Gasteiger partial charge in [0.25, 0.3) is 5.91 Å². The zero-order valence-corrected chi connectivity index (χ0v) is 16.3. The molecule has 0 aliphatic heterocycles. The third-order valence-corrected chi connectivity index (χ3v) is 4.03. The summed E-state index contributed by atoms with van der Waals surface area (Å²) in [4.78, 5) is 16.6. The van der Waals surface area contributed by atoms with Crippen LogP contribution in [0.1, 0.15) is 36.5 Å². The number of unbranched alkanes of at least 4 members (excludes halogenated alkanes) is 2. The molecule has 0 bridgehead atoms. The molecule has 2 N–H and O–H groups in total. The summed E-state index contributed by atoms with van der Waals surface area (Å²) in [5.74, 6) is 2.01. The molecule has 0 saturated heterocycles. The van der Waals surface area contributed by atoms with E-state index in [4.69, 9.17) is 14.2 Å². The Hall–Kier alpha value is -2.96. The van der Waals surface area contributed by atoms with Gasteiger partial charge in [-0.15, -0.1) is 0 Å². The van der Waals surface area contributed by atoms with E-state index < -0.39 is 0 Å². The Morgan fingerprint density at radius 2 is 1.74 bits per heavy atom. The Kier molecular flexibility index (Phi) is 7.73. The molecule has 2 aromatic rings. The highest BCUT2D eigenvalue weighted by atomic mass is 16.5. The van der Waals surface area contributed by atoms with Gasteiger partial charge in [-0.2, -0.15) is 0 Å². The third-order valence-electron chi connectivity index (χ3n) is 4.03. The molecule has 0 spiro atoms. The minimum absolute atomic E-state index is 0.110. The van der Waals surface area contributed by atoms with Gasteiger partial charge >= 0.3 is 0 Å². The smallest absolute Gasteiger partial charge is 0.251 e. The van der Waals surface area contributed by atoms with Crippen LogP contribution in [0.2, 0.25) is 0 Å². The maximum atomic E-state index is 12.3. The normalized spacial score (nSPS) is 10.2. The molecule has 1 aromatic heterocycles. The van der Waals surface area contributed by atoms with Crippen molar-refractivity contribution in [2.45, 2.75) is 26.2 Å². The molecule has 0 atom stereocenters. The first-order valence-corrected chi connectivity index (χ1v) is 8.94. The van der Waals surface area contributed by atoms with E-state index in [1.165, 1.54) is 0 Å². The fraction of sp³-hybridized carbons (Fsp3) is 0.400. The molecular weight excluding hydrogens is 346 g/mol. The molecule has 7 nitrogen and oxygen atoms in total. The van der Waals surface area contributed by atoms with Crippen LogP contribution < -0.4 is 24.8 Å². The summed E-state index contributed by atoms with van der Waals surface area (Å²) < 4.78 is 16.0. The number of anilines is 2. The van der Waals surface area contributed by atoms with E-state index in [2.05, 4.69) is 22.5 Å². The summed E-state index contributed by atoms with van der Waals surface area (Å²) in [7, 11) is 4.67. The largest absolute Gasteiger partial charge is 0.493 e. The first-order chi connectivity index (χ1) is 13.1. The van der Waals surface area contributed by atoms with E-state index >= 15 is 0 Å². The zero-order valence-electron chi connectivity index (χ0n) is 16.3. The van der Waals surface area contributed by atoms with Gasteiger partial charge < -0.3 is 24.8 Å². The van der Waals surface area contributed by atoms with Gasteiger partial charge in [0.15, 0.2) is 11.5 Å². The molecular formula is C20H27N3O4. The first kappa shape index (κ1) is 20.4. The minimum Gasteiger partial charge on any atom is -0.493 e. The van der Waals surface area contributed by atoms with E-state index in [1.54, 1.807) is 51.8 Å². The highest BCUT2D eigenvalue weighted by Gasteiger charge is 2.14. The molecule has 0 aliphatic rings. The molecule has 0 fully saturated rings. The second-order valence-electron chi connectivity index (χ2n) is 5.93. The van der Waals surface area contributed by atoms with E-state index in [-0.39, 0.29) is 5.91 Å². The number of pyridine rings is 1. The maximum absolute atomic E-state index is 12.3. The van der Waals surface area contributed by atoms with Gasteiger partial charge in [0.1, 0.15) is 5.82 Å². The molecule has 7 heteroatoms. The summed E-state index contributed by atoms with van der Waals surface area (Å²) in [6.45, 7) is 2.80. The Bertz CT molecular complexity index is 740. The molecule has 1 amide bonds. The molecule has 27 heavy (non-hydrogen) atoms. The standard InChI is InChI=1S/C20H27N3O4/c1-5-6-7-9-22-20(24)14-8-10-21-18(11-14)23-15-12-16(25-2)19(27-4)17(13-15)26-3/h8,10-13H,5-7,9H2,1-4H3,(H,21,23)(H,22,24). The number of carbonyl (C=O) groups excluding carboxylic acids is 1. The fourth-order valence-electron chi connectivity index (χ4n) is 2.62. The molecule has 0 unspecified atom stereocenters. The van der Waals surface area contributed by atoms with E-state index in [0.29, 0.717) is 40.9 Å². The number of rotatable bonds is 10. The van der Waals surface area contributed by atoms with Gasteiger partial charge in [-0.25, -0.2) is 4.98 Å².